The lowest BCUT2D eigenvalue weighted by molar-refractivity contribution is 0.102. The first-order chi connectivity index (χ1) is 15.6. The van der Waals surface area contributed by atoms with Crippen molar-refractivity contribution in [3.8, 4) is 11.5 Å². The molecule has 1 aromatic heterocycles. The number of pyridine rings is 1. The molecule has 8 nitrogen and oxygen atoms in total. The van der Waals surface area contributed by atoms with E-state index >= 15 is 0 Å². The van der Waals surface area contributed by atoms with Crippen molar-refractivity contribution in [3.05, 3.63) is 78.1 Å². The van der Waals surface area contributed by atoms with Crippen molar-refractivity contribution in [1.82, 2.24) is 9.71 Å². The Morgan fingerprint density at radius 1 is 0.970 bits per heavy atom. The van der Waals surface area contributed by atoms with E-state index in [-0.39, 0.29) is 10.8 Å². The van der Waals surface area contributed by atoms with Gasteiger partial charge in [0.25, 0.3) is 5.91 Å². The molecular formula is C24H27N3O5S. The standard InChI is InChI=1S/C24H27N3O5S/c1-24(2,3)27-33(29,30)20-8-5-18(6-9-20)23(28)26-19-7-10-21(31-4)22(15-19)32-16-17-11-13-25-14-12-17/h5-15,27H,16H2,1-4H3,(H,26,28). The molecule has 33 heavy (non-hydrogen) atoms. The molecule has 9 heteroatoms. The fourth-order valence-electron chi connectivity index (χ4n) is 2.96. The summed E-state index contributed by atoms with van der Waals surface area (Å²) in [5.74, 6) is 0.623. The molecule has 1 amide bonds. The van der Waals surface area contributed by atoms with E-state index in [9.17, 15) is 13.2 Å². The Morgan fingerprint density at radius 3 is 2.24 bits per heavy atom. The molecule has 0 aliphatic rings. The maximum absolute atomic E-state index is 12.7. The molecule has 0 radical (unpaired) electrons. The normalized spacial score (nSPS) is 11.6. The van der Waals surface area contributed by atoms with E-state index in [4.69, 9.17) is 9.47 Å². The van der Waals surface area contributed by atoms with Crippen molar-refractivity contribution in [2.45, 2.75) is 37.8 Å². The summed E-state index contributed by atoms with van der Waals surface area (Å²) in [5.41, 5.74) is 1.16. The summed E-state index contributed by atoms with van der Waals surface area (Å²) in [6, 6.07) is 14.5. The third-order valence-electron chi connectivity index (χ3n) is 4.43. The van der Waals surface area contributed by atoms with Crippen LogP contribution in [0.3, 0.4) is 0 Å². The van der Waals surface area contributed by atoms with Crippen molar-refractivity contribution < 1.29 is 22.7 Å². The Morgan fingerprint density at radius 2 is 1.64 bits per heavy atom. The Balaban J connectivity index is 1.72. The minimum Gasteiger partial charge on any atom is -0.493 e. The molecule has 0 bridgehead atoms. The van der Waals surface area contributed by atoms with Crippen molar-refractivity contribution in [3.63, 3.8) is 0 Å². The molecule has 174 valence electrons. The number of benzene rings is 2. The maximum Gasteiger partial charge on any atom is 0.255 e. The van der Waals surface area contributed by atoms with Crippen LogP contribution in [-0.4, -0.2) is 32.0 Å². The minimum absolute atomic E-state index is 0.0882. The van der Waals surface area contributed by atoms with Gasteiger partial charge in [-0.3, -0.25) is 9.78 Å². The average molecular weight is 470 g/mol. The monoisotopic (exact) mass is 469 g/mol. The summed E-state index contributed by atoms with van der Waals surface area (Å²) in [6.45, 7) is 5.59. The number of ether oxygens (including phenoxy) is 2. The Kier molecular flexibility index (Phi) is 7.35. The second-order valence-corrected chi connectivity index (χ2v) is 10.0. The largest absolute Gasteiger partial charge is 0.493 e. The van der Waals surface area contributed by atoms with Crippen LogP contribution in [0.4, 0.5) is 5.69 Å². The molecule has 0 aliphatic heterocycles. The molecule has 2 N–H and O–H groups in total. The van der Waals surface area contributed by atoms with Crippen LogP contribution in [0.2, 0.25) is 0 Å². The smallest absolute Gasteiger partial charge is 0.255 e. The van der Waals surface area contributed by atoms with Gasteiger partial charge in [0.2, 0.25) is 10.0 Å². The fourth-order valence-corrected chi connectivity index (χ4v) is 4.38. The number of anilines is 1. The van der Waals surface area contributed by atoms with E-state index in [1.807, 2.05) is 12.1 Å². The topological polar surface area (TPSA) is 107 Å². The second kappa shape index (κ2) is 10.0. The molecule has 3 rings (SSSR count). The van der Waals surface area contributed by atoms with Crippen LogP contribution in [0.25, 0.3) is 0 Å². The number of hydrogen-bond acceptors (Lipinski definition) is 6. The fraction of sp³-hybridized carbons (Fsp3) is 0.250. The summed E-state index contributed by atoms with van der Waals surface area (Å²) in [5, 5.41) is 2.79. The molecule has 0 fully saturated rings. The van der Waals surface area contributed by atoms with E-state index in [0.717, 1.165) is 5.56 Å². The first-order valence-electron chi connectivity index (χ1n) is 10.2. The van der Waals surface area contributed by atoms with Crippen LogP contribution in [0.1, 0.15) is 36.7 Å². The van der Waals surface area contributed by atoms with Crippen molar-refractivity contribution in [1.29, 1.82) is 0 Å². The van der Waals surface area contributed by atoms with Gasteiger partial charge in [0.05, 0.1) is 12.0 Å². The van der Waals surface area contributed by atoms with Gasteiger partial charge in [0.1, 0.15) is 6.61 Å². The molecular weight excluding hydrogens is 442 g/mol. The first-order valence-corrected chi connectivity index (χ1v) is 11.7. The number of methoxy groups -OCH3 is 1. The minimum atomic E-state index is -3.68. The van der Waals surface area contributed by atoms with E-state index in [0.29, 0.717) is 29.4 Å². The predicted molar refractivity (Wildman–Crippen MR) is 126 cm³/mol. The quantitative estimate of drug-likeness (QED) is 0.517. The van der Waals surface area contributed by atoms with Crippen LogP contribution in [0.5, 0.6) is 11.5 Å². The zero-order valence-electron chi connectivity index (χ0n) is 19.0. The number of nitrogens with one attached hydrogen (secondary N) is 2. The van der Waals surface area contributed by atoms with E-state index in [2.05, 4.69) is 15.0 Å². The second-order valence-electron chi connectivity index (χ2n) is 8.34. The molecule has 3 aromatic rings. The van der Waals surface area contributed by atoms with Gasteiger partial charge in [-0.15, -0.1) is 0 Å². The van der Waals surface area contributed by atoms with Gasteiger partial charge in [-0.25, -0.2) is 13.1 Å². The maximum atomic E-state index is 12.7. The van der Waals surface area contributed by atoms with Gasteiger partial charge in [0, 0.05) is 35.2 Å². The molecule has 2 aromatic carbocycles. The van der Waals surface area contributed by atoms with Crippen LogP contribution in [0.15, 0.2) is 71.9 Å². The molecule has 0 spiro atoms. The first kappa shape index (κ1) is 24.2. The highest BCUT2D eigenvalue weighted by Gasteiger charge is 2.22. The zero-order chi connectivity index (χ0) is 24.1. The lowest BCUT2D eigenvalue weighted by atomic mass is 10.1. The Hall–Kier alpha value is -3.43. The number of carbonyl (C=O) groups excluding carboxylic acids is 1. The van der Waals surface area contributed by atoms with Crippen LogP contribution < -0.4 is 19.5 Å². The summed E-state index contributed by atoms with van der Waals surface area (Å²) in [7, 11) is -2.14. The molecule has 0 saturated carbocycles. The average Bonchev–Trinajstić information content (AvgIpc) is 2.77. The predicted octanol–water partition coefficient (Wildman–Crippen LogP) is 4.00. The number of nitrogens with zero attached hydrogens (tertiary/aromatic N) is 1. The highest BCUT2D eigenvalue weighted by atomic mass is 32.2. The van der Waals surface area contributed by atoms with Gasteiger partial charge in [-0.2, -0.15) is 0 Å². The molecule has 1 heterocycles. The number of rotatable bonds is 8. The van der Waals surface area contributed by atoms with Crippen LogP contribution in [-0.2, 0) is 16.6 Å². The number of sulfonamides is 1. The molecule has 0 saturated heterocycles. The lowest BCUT2D eigenvalue weighted by Gasteiger charge is -2.20. The van der Waals surface area contributed by atoms with Crippen molar-refractivity contribution in [2.24, 2.45) is 0 Å². The number of amides is 1. The molecule has 0 unspecified atom stereocenters. The van der Waals surface area contributed by atoms with E-state index in [1.54, 1.807) is 51.4 Å². The number of hydrogen-bond donors (Lipinski definition) is 2. The van der Waals surface area contributed by atoms with Gasteiger partial charge >= 0.3 is 0 Å². The highest BCUT2D eigenvalue weighted by molar-refractivity contribution is 7.89. The van der Waals surface area contributed by atoms with E-state index < -0.39 is 15.6 Å². The summed E-state index contributed by atoms with van der Waals surface area (Å²) in [4.78, 5) is 16.8. The third kappa shape index (κ3) is 6.77. The van der Waals surface area contributed by atoms with Crippen LogP contribution in [0, 0.1) is 0 Å². The summed E-state index contributed by atoms with van der Waals surface area (Å²) >= 11 is 0. The van der Waals surface area contributed by atoms with Crippen molar-refractivity contribution >= 4 is 21.6 Å². The lowest BCUT2D eigenvalue weighted by Crippen LogP contribution is -2.40. The number of aromatic nitrogens is 1. The van der Waals surface area contributed by atoms with Gasteiger partial charge in [-0.1, -0.05) is 0 Å². The van der Waals surface area contributed by atoms with Crippen molar-refractivity contribution in [2.75, 3.05) is 12.4 Å². The highest BCUT2D eigenvalue weighted by Crippen LogP contribution is 2.31. The summed E-state index contributed by atoms with van der Waals surface area (Å²) in [6.07, 6.45) is 3.37. The third-order valence-corrected chi connectivity index (χ3v) is 6.21. The van der Waals surface area contributed by atoms with Gasteiger partial charge in [0.15, 0.2) is 11.5 Å². The Labute approximate surface area is 194 Å². The number of carbonyl (C=O) groups is 1. The Bertz CT molecular complexity index is 1210. The van der Waals surface area contributed by atoms with Crippen LogP contribution >= 0.6 is 0 Å². The molecule has 0 aliphatic carbocycles. The van der Waals surface area contributed by atoms with E-state index in [1.165, 1.54) is 31.4 Å². The summed E-state index contributed by atoms with van der Waals surface area (Å²) < 4.78 is 38.7. The molecule has 0 atom stereocenters. The van der Waals surface area contributed by atoms with Gasteiger partial charge in [-0.05, 0) is 74.9 Å². The SMILES string of the molecule is COc1ccc(NC(=O)c2ccc(S(=O)(=O)NC(C)(C)C)cc2)cc1OCc1ccncc1. The zero-order valence-corrected chi connectivity index (χ0v) is 19.8. The van der Waals surface area contributed by atoms with Gasteiger partial charge < -0.3 is 14.8 Å².